The van der Waals surface area contributed by atoms with E-state index in [0.717, 1.165) is 12.8 Å². The van der Waals surface area contributed by atoms with Gasteiger partial charge < -0.3 is 21.1 Å². The van der Waals surface area contributed by atoms with Gasteiger partial charge in [-0.25, -0.2) is 18.7 Å². The molecular formula is C23H31F4N5O3. The summed E-state index contributed by atoms with van der Waals surface area (Å²) in [4.78, 5) is 21.4. The maximum absolute atomic E-state index is 14.5. The quantitative estimate of drug-likeness (QED) is 0.467. The lowest BCUT2D eigenvalue weighted by atomic mass is 9.80. The van der Waals surface area contributed by atoms with Crippen molar-refractivity contribution in [3.63, 3.8) is 0 Å². The molecule has 1 aromatic carbocycles. The minimum absolute atomic E-state index is 0.0449. The molecule has 3 rings (SSSR count). The number of benzene rings is 1. The van der Waals surface area contributed by atoms with E-state index in [9.17, 15) is 22.4 Å². The molecule has 1 atom stereocenters. The monoisotopic (exact) mass is 501 g/mol. The lowest BCUT2D eigenvalue weighted by Crippen LogP contribution is -2.62. The van der Waals surface area contributed by atoms with E-state index in [0.29, 0.717) is 11.3 Å². The van der Waals surface area contributed by atoms with E-state index in [-0.39, 0.29) is 35.0 Å². The Morgan fingerprint density at radius 1 is 1.20 bits per heavy atom. The van der Waals surface area contributed by atoms with Gasteiger partial charge in [0.1, 0.15) is 11.5 Å². The van der Waals surface area contributed by atoms with Gasteiger partial charge in [0.2, 0.25) is 0 Å². The average molecular weight is 502 g/mol. The number of amides is 2. The second kappa shape index (κ2) is 10.6. The molecule has 1 fully saturated rings. The zero-order chi connectivity index (χ0) is 26.6. The Morgan fingerprint density at radius 2 is 1.77 bits per heavy atom. The molecule has 12 heteroatoms. The number of halogens is 4. The number of carbonyl (C=O) groups excluding carboxylic acids is 1. The van der Waals surface area contributed by atoms with Gasteiger partial charge >= 0.3 is 18.2 Å². The van der Waals surface area contributed by atoms with E-state index in [1.54, 1.807) is 24.5 Å². The highest BCUT2D eigenvalue weighted by molar-refractivity contribution is 5.75. The van der Waals surface area contributed by atoms with Gasteiger partial charge in [0.15, 0.2) is 0 Å². The minimum atomic E-state index is -5.08. The number of alkyl halides is 3. The number of carbonyl (C=O) groups is 2. The van der Waals surface area contributed by atoms with Gasteiger partial charge in [-0.3, -0.25) is 0 Å². The topological polar surface area (TPSA) is 108 Å². The summed E-state index contributed by atoms with van der Waals surface area (Å²) in [5.41, 5.74) is 0.993. The summed E-state index contributed by atoms with van der Waals surface area (Å²) in [7, 11) is 0. The lowest BCUT2D eigenvalue weighted by Gasteiger charge is -2.46. The largest absolute Gasteiger partial charge is 0.490 e. The molecule has 0 bridgehead atoms. The molecule has 194 valence electrons. The summed E-state index contributed by atoms with van der Waals surface area (Å²) < 4.78 is 47.7. The normalized spacial score (nSPS) is 18.1. The predicted octanol–water partition coefficient (Wildman–Crippen LogP) is 4.31. The van der Waals surface area contributed by atoms with Crippen LogP contribution in [-0.2, 0) is 4.79 Å². The van der Waals surface area contributed by atoms with Gasteiger partial charge in [0.25, 0.3) is 0 Å². The van der Waals surface area contributed by atoms with Crippen LogP contribution >= 0.6 is 0 Å². The fraction of sp³-hybridized carbons (Fsp3) is 0.522. The van der Waals surface area contributed by atoms with Crippen LogP contribution in [-0.4, -0.2) is 50.2 Å². The highest BCUT2D eigenvalue weighted by atomic mass is 19.4. The fourth-order valence-electron chi connectivity index (χ4n) is 4.32. The molecule has 35 heavy (non-hydrogen) atoms. The summed E-state index contributed by atoms with van der Waals surface area (Å²) in [6.45, 7) is 10.4. The summed E-state index contributed by atoms with van der Waals surface area (Å²) in [5.74, 6) is -3.13. The van der Waals surface area contributed by atoms with Crippen molar-refractivity contribution in [3.8, 4) is 5.69 Å². The molecule has 0 unspecified atom stereocenters. The van der Waals surface area contributed by atoms with E-state index >= 15 is 0 Å². The van der Waals surface area contributed by atoms with Crippen molar-refractivity contribution in [1.29, 1.82) is 0 Å². The number of nitrogens with zero attached hydrogens (tertiary/aromatic N) is 2. The van der Waals surface area contributed by atoms with Crippen LogP contribution in [0.1, 0.15) is 59.1 Å². The number of nitrogens with one attached hydrogen (secondary N) is 3. The zero-order valence-corrected chi connectivity index (χ0v) is 20.2. The van der Waals surface area contributed by atoms with Crippen LogP contribution in [0.2, 0.25) is 0 Å². The van der Waals surface area contributed by atoms with Crippen LogP contribution < -0.4 is 16.0 Å². The number of urea groups is 1. The van der Waals surface area contributed by atoms with Crippen molar-refractivity contribution >= 4 is 12.0 Å². The summed E-state index contributed by atoms with van der Waals surface area (Å²) in [6, 6.07) is 6.20. The molecule has 1 aliphatic rings. The average Bonchev–Trinajstić information content (AvgIpc) is 3.19. The van der Waals surface area contributed by atoms with E-state index in [2.05, 4.69) is 48.7 Å². The highest BCUT2D eigenvalue weighted by Gasteiger charge is 2.39. The standard InChI is InChI=1S/C21H30FN5O.C2HF3O2/c1-14(15-7-8-18(17(22)11-15)27-10-6-9-23-27)24-19(28)25-16-12-20(2,3)26-21(4,5)13-16;3-2(4,5)1(6)7/h6-11,14,16,26H,12-13H2,1-5H3,(H2,24,25,28);(H,6,7)/t14-;/m1./s1. The van der Waals surface area contributed by atoms with Crippen LogP contribution in [0.15, 0.2) is 36.7 Å². The van der Waals surface area contributed by atoms with E-state index in [1.807, 2.05) is 13.0 Å². The third-order valence-electron chi connectivity index (χ3n) is 5.34. The number of piperidine rings is 1. The number of carboxylic acid groups (broad SMARTS) is 1. The molecule has 0 spiro atoms. The van der Waals surface area contributed by atoms with Gasteiger partial charge in [-0.2, -0.15) is 18.3 Å². The first-order valence-corrected chi connectivity index (χ1v) is 10.9. The van der Waals surface area contributed by atoms with Crippen LogP contribution in [0.4, 0.5) is 22.4 Å². The molecule has 1 aromatic heterocycles. The first-order chi connectivity index (χ1) is 16.0. The van der Waals surface area contributed by atoms with Crippen molar-refractivity contribution < 1.29 is 32.3 Å². The molecule has 1 aliphatic heterocycles. The smallest absolute Gasteiger partial charge is 0.475 e. The Morgan fingerprint density at radius 3 is 2.23 bits per heavy atom. The van der Waals surface area contributed by atoms with Gasteiger partial charge in [-0.1, -0.05) is 6.07 Å². The molecule has 2 amide bonds. The number of hydrogen-bond donors (Lipinski definition) is 4. The minimum Gasteiger partial charge on any atom is -0.475 e. The van der Waals surface area contributed by atoms with Gasteiger partial charge in [-0.15, -0.1) is 0 Å². The third kappa shape index (κ3) is 8.53. The van der Waals surface area contributed by atoms with E-state index in [4.69, 9.17) is 9.90 Å². The molecule has 1 saturated heterocycles. The zero-order valence-electron chi connectivity index (χ0n) is 20.2. The van der Waals surface area contributed by atoms with Gasteiger partial charge in [-0.05, 0) is 71.2 Å². The number of aliphatic carboxylic acids is 1. The molecule has 0 radical (unpaired) electrons. The van der Waals surface area contributed by atoms with Crippen LogP contribution in [0.25, 0.3) is 5.69 Å². The first-order valence-electron chi connectivity index (χ1n) is 10.9. The third-order valence-corrected chi connectivity index (χ3v) is 5.34. The van der Waals surface area contributed by atoms with Crippen molar-refractivity contribution in [2.24, 2.45) is 0 Å². The number of rotatable bonds is 4. The Labute approximate surface area is 201 Å². The molecule has 2 heterocycles. The predicted molar refractivity (Wildman–Crippen MR) is 122 cm³/mol. The SMILES string of the molecule is C[C@@H](NC(=O)NC1CC(C)(C)NC(C)(C)C1)c1ccc(-n2cccn2)c(F)c1.O=C(O)C(F)(F)F. The van der Waals surface area contributed by atoms with Gasteiger partial charge in [0.05, 0.1) is 6.04 Å². The number of hydrogen-bond acceptors (Lipinski definition) is 4. The fourth-order valence-corrected chi connectivity index (χ4v) is 4.32. The maximum Gasteiger partial charge on any atom is 0.490 e. The van der Waals surface area contributed by atoms with E-state index in [1.165, 1.54) is 10.7 Å². The second-order valence-electron chi connectivity index (χ2n) is 9.80. The Balaban J connectivity index is 0.000000540. The molecule has 8 nitrogen and oxygen atoms in total. The summed E-state index contributed by atoms with van der Waals surface area (Å²) >= 11 is 0. The maximum atomic E-state index is 14.5. The van der Waals surface area contributed by atoms with Crippen LogP contribution in [0.5, 0.6) is 0 Å². The Bertz CT molecular complexity index is 1010. The molecule has 0 saturated carbocycles. The van der Waals surface area contributed by atoms with Crippen LogP contribution in [0.3, 0.4) is 0 Å². The van der Waals surface area contributed by atoms with E-state index < -0.39 is 12.1 Å². The summed E-state index contributed by atoms with van der Waals surface area (Å²) in [5, 5.41) is 20.8. The molecular weight excluding hydrogens is 470 g/mol. The van der Waals surface area contributed by atoms with Crippen molar-refractivity contribution in [2.75, 3.05) is 0 Å². The highest BCUT2D eigenvalue weighted by Crippen LogP contribution is 2.28. The molecule has 0 aliphatic carbocycles. The number of carboxylic acids is 1. The lowest BCUT2D eigenvalue weighted by molar-refractivity contribution is -0.192. The molecule has 2 aromatic rings. The van der Waals surface area contributed by atoms with Gasteiger partial charge in [0, 0.05) is 29.5 Å². The first kappa shape index (κ1) is 28.1. The van der Waals surface area contributed by atoms with Crippen molar-refractivity contribution in [2.45, 2.75) is 76.8 Å². The van der Waals surface area contributed by atoms with Crippen molar-refractivity contribution in [1.82, 2.24) is 25.7 Å². The molecule has 4 N–H and O–H groups in total. The Kier molecular flexibility index (Phi) is 8.53. The Hall–Kier alpha value is -3.15. The number of aromatic nitrogens is 2. The second-order valence-corrected chi connectivity index (χ2v) is 9.80. The summed E-state index contributed by atoms with van der Waals surface area (Å²) in [6.07, 6.45) is -0.0860. The van der Waals surface area contributed by atoms with Crippen molar-refractivity contribution in [3.05, 3.63) is 48.0 Å². The van der Waals surface area contributed by atoms with Crippen LogP contribution in [0, 0.1) is 5.82 Å².